The molecule has 2 fully saturated rings. The number of rotatable bonds is 2. The molecule has 0 radical (unpaired) electrons. The second-order valence-electron chi connectivity index (χ2n) is 5.87. The summed E-state index contributed by atoms with van der Waals surface area (Å²) < 4.78 is 0. The third kappa shape index (κ3) is 2.71. The van der Waals surface area contributed by atoms with Crippen LogP contribution in [0.3, 0.4) is 0 Å². The van der Waals surface area contributed by atoms with Gasteiger partial charge in [-0.15, -0.1) is 0 Å². The van der Waals surface area contributed by atoms with Crippen molar-refractivity contribution < 1.29 is 0 Å². The summed E-state index contributed by atoms with van der Waals surface area (Å²) in [6.07, 6.45) is 5.51. The Labute approximate surface area is 88.1 Å². The van der Waals surface area contributed by atoms with Crippen LogP contribution in [0.1, 0.15) is 46.5 Å². The lowest BCUT2D eigenvalue weighted by atomic mass is 9.98. The van der Waals surface area contributed by atoms with Crippen molar-refractivity contribution in [3.05, 3.63) is 0 Å². The molecule has 1 aliphatic heterocycles. The van der Waals surface area contributed by atoms with E-state index in [4.69, 9.17) is 0 Å². The minimum absolute atomic E-state index is 0.366. The Balaban J connectivity index is 1.74. The maximum atomic E-state index is 3.74. The van der Waals surface area contributed by atoms with Gasteiger partial charge in [0.1, 0.15) is 0 Å². The number of hydrogen-bond acceptors (Lipinski definition) is 2. The summed E-state index contributed by atoms with van der Waals surface area (Å²) >= 11 is 0. The maximum Gasteiger partial charge on any atom is 0.0125 e. The summed E-state index contributed by atoms with van der Waals surface area (Å²) in [5, 5.41) is 3.74. The number of likely N-dealkylation sites (tertiary alicyclic amines) is 1. The van der Waals surface area contributed by atoms with E-state index in [0.29, 0.717) is 5.54 Å². The van der Waals surface area contributed by atoms with Crippen molar-refractivity contribution in [2.45, 2.75) is 64.1 Å². The van der Waals surface area contributed by atoms with Crippen molar-refractivity contribution in [2.75, 3.05) is 13.1 Å². The van der Waals surface area contributed by atoms with Gasteiger partial charge < -0.3 is 5.32 Å². The SMILES string of the molecule is CC(C)(C)N1CCC(NC2CC2)CC1. The number of hydrogen-bond donors (Lipinski definition) is 1. The highest BCUT2D eigenvalue weighted by Gasteiger charge is 2.30. The Kier molecular flexibility index (Phi) is 2.85. The summed E-state index contributed by atoms with van der Waals surface area (Å²) in [5.41, 5.74) is 0.366. The zero-order chi connectivity index (χ0) is 10.2. The summed E-state index contributed by atoms with van der Waals surface area (Å²) in [4.78, 5) is 2.61. The van der Waals surface area contributed by atoms with Gasteiger partial charge in [0.25, 0.3) is 0 Å². The molecule has 82 valence electrons. The summed E-state index contributed by atoms with van der Waals surface area (Å²) in [7, 11) is 0. The fraction of sp³-hybridized carbons (Fsp3) is 1.00. The zero-order valence-electron chi connectivity index (χ0n) is 9.84. The topological polar surface area (TPSA) is 15.3 Å². The quantitative estimate of drug-likeness (QED) is 0.726. The molecule has 1 saturated heterocycles. The Morgan fingerprint density at radius 3 is 1.86 bits per heavy atom. The van der Waals surface area contributed by atoms with Crippen LogP contribution in [0.5, 0.6) is 0 Å². The third-order valence-electron chi connectivity index (χ3n) is 3.49. The molecular formula is C12H24N2. The van der Waals surface area contributed by atoms with Crippen molar-refractivity contribution in [1.29, 1.82) is 0 Å². The van der Waals surface area contributed by atoms with Crippen molar-refractivity contribution in [2.24, 2.45) is 0 Å². The molecule has 0 aromatic heterocycles. The number of piperidine rings is 1. The lowest BCUT2D eigenvalue weighted by molar-refractivity contribution is 0.0960. The number of nitrogens with one attached hydrogen (secondary N) is 1. The smallest absolute Gasteiger partial charge is 0.0125 e. The average molecular weight is 196 g/mol. The van der Waals surface area contributed by atoms with Gasteiger partial charge in [-0.1, -0.05) is 0 Å². The maximum absolute atomic E-state index is 3.74. The van der Waals surface area contributed by atoms with Crippen LogP contribution in [0.4, 0.5) is 0 Å². The molecule has 0 atom stereocenters. The fourth-order valence-electron chi connectivity index (χ4n) is 2.30. The van der Waals surface area contributed by atoms with Crippen LogP contribution in [-0.4, -0.2) is 35.6 Å². The molecule has 2 aliphatic rings. The Morgan fingerprint density at radius 2 is 1.43 bits per heavy atom. The molecule has 0 amide bonds. The van der Waals surface area contributed by atoms with E-state index in [1.54, 1.807) is 0 Å². The van der Waals surface area contributed by atoms with Gasteiger partial charge >= 0.3 is 0 Å². The highest BCUT2D eigenvalue weighted by molar-refractivity contribution is 4.89. The van der Waals surface area contributed by atoms with Crippen LogP contribution in [0.15, 0.2) is 0 Å². The van der Waals surface area contributed by atoms with E-state index in [-0.39, 0.29) is 0 Å². The highest BCUT2D eigenvalue weighted by atomic mass is 15.2. The van der Waals surface area contributed by atoms with E-state index >= 15 is 0 Å². The minimum Gasteiger partial charge on any atom is -0.311 e. The van der Waals surface area contributed by atoms with Gasteiger partial charge in [0.05, 0.1) is 0 Å². The Morgan fingerprint density at radius 1 is 0.929 bits per heavy atom. The molecule has 0 spiro atoms. The molecule has 0 aromatic carbocycles. The fourth-order valence-corrected chi connectivity index (χ4v) is 2.30. The molecule has 0 unspecified atom stereocenters. The molecule has 1 N–H and O–H groups in total. The van der Waals surface area contributed by atoms with Gasteiger partial charge in [-0.2, -0.15) is 0 Å². The Hall–Kier alpha value is -0.0800. The first kappa shape index (κ1) is 10.4. The Bertz CT molecular complexity index is 183. The lowest BCUT2D eigenvalue weighted by Crippen LogP contribution is -2.50. The van der Waals surface area contributed by atoms with Crippen LogP contribution in [-0.2, 0) is 0 Å². The molecule has 0 aromatic rings. The molecule has 0 bridgehead atoms. The van der Waals surface area contributed by atoms with Crippen LogP contribution < -0.4 is 5.32 Å². The third-order valence-corrected chi connectivity index (χ3v) is 3.49. The first-order valence-corrected chi connectivity index (χ1v) is 6.07. The molecule has 14 heavy (non-hydrogen) atoms. The molecule has 2 rings (SSSR count). The molecule has 2 nitrogen and oxygen atoms in total. The predicted molar refractivity (Wildman–Crippen MR) is 60.5 cm³/mol. The van der Waals surface area contributed by atoms with Gasteiger partial charge in [-0.3, -0.25) is 4.90 Å². The van der Waals surface area contributed by atoms with Crippen LogP contribution >= 0.6 is 0 Å². The minimum atomic E-state index is 0.366. The van der Waals surface area contributed by atoms with E-state index in [0.717, 1.165) is 12.1 Å². The van der Waals surface area contributed by atoms with Crippen LogP contribution in [0.25, 0.3) is 0 Å². The zero-order valence-corrected chi connectivity index (χ0v) is 9.84. The number of nitrogens with zero attached hydrogens (tertiary/aromatic N) is 1. The van der Waals surface area contributed by atoms with E-state index in [2.05, 4.69) is 31.0 Å². The summed E-state index contributed by atoms with van der Waals surface area (Å²) in [6.45, 7) is 9.51. The highest BCUT2D eigenvalue weighted by Crippen LogP contribution is 2.24. The first-order valence-electron chi connectivity index (χ1n) is 6.07. The van der Waals surface area contributed by atoms with Gasteiger partial charge in [0.15, 0.2) is 0 Å². The van der Waals surface area contributed by atoms with Crippen molar-refractivity contribution in [3.63, 3.8) is 0 Å². The normalized spacial score (nSPS) is 26.8. The van der Waals surface area contributed by atoms with Crippen LogP contribution in [0, 0.1) is 0 Å². The van der Waals surface area contributed by atoms with E-state index in [9.17, 15) is 0 Å². The molecule has 1 saturated carbocycles. The standard InChI is InChI=1S/C12H24N2/c1-12(2,3)14-8-6-11(7-9-14)13-10-4-5-10/h10-11,13H,4-9H2,1-3H3. The summed E-state index contributed by atoms with van der Waals surface area (Å²) in [5.74, 6) is 0. The first-order chi connectivity index (χ1) is 6.55. The van der Waals surface area contributed by atoms with Crippen molar-refractivity contribution >= 4 is 0 Å². The van der Waals surface area contributed by atoms with Crippen molar-refractivity contribution in [1.82, 2.24) is 10.2 Å². The van der Waals surface area contributed by atoms with E-state index < -0.39 is 0 Å². The largest absolute Gasteiger partial charge is 0.311 e. The van der Waals surface area contributed by atoms with Crippen LogP contribution in [0.2, 0.25) is 0 Å². The average Bonchev–Trinajstić information content (AvgIpc) is 2.88. The molecule has 1 aliphatic carbocycles. The monoisotopic (exact) mass is 196 g/mol. The predicted octanol–water partition coefficient (Wildman–Crippen LogP) is 2.00. The van der Waals surface area contributed by atoms with E-state index in [1.807, 2.05) is 0 Å². The molecule has 1 heterocycles. The molecule has 2 heteroatoms. The second-order valence-corrected chi connectivity index (χ2v) is 5.87. The summed E-state index contributed by atoms with van der Waals surface area (Å²) in [6, 6.07) is 1.68. The van der Waals surface area contributed by atoms with Gasteiger partial charge in [0.2, 0.25) is 0 Å². The second kappa shape index (κ2) is 3.82. The van der Waals surface area contributed by atoms with Gasteiger partial charge in [0, 0.05) is 30.7 Å². The van der Waals surface area contributed by atoms with Gasteiger partial charge in [-0.25, -0.2) is 0 Å². The molecular weight excluding hydrogens is 172 g/mol. The van der Waals surface area contributed by atoms with Gasteiger partial charge in [-0.05, 0) is 46.5 Å². The van der Waals surface area contributed by atoms with Crippen molar-refractivity contribution in [3.8, 4) is 0 Å². The van der Waals surface area contributed by atoms with E-state index in [1.165, 1.54) is 38.8 Å². The lowest BCUT2D eigenvalue weighted by Gasteiger charge is -2.41.